The van der Waals surface area contributed by atoms with Crippen molar-refractivity contribution >= 4 is 28.2 Å². The lowest BCUT2D eigenvalue weighted by atomic mass is 10.2. The predicted molar refractivity (Wildman–Crippen MR) is 92.2 cm³/mol. The molecule has 1 heterocycles. The molecule has 0 bridgehead atoms. The van der Waals surface area contributed by atoms with E-state index in [0.717, 1.165) is 24.8 Å². The van der Waals surface area contributed by atoms with Crippen molar-refractivity contribution in [2.24, 2.45) is 0 Å². The van der Waals surface area contributed by atoms with Crippen LogP contribution in [0.3, 0.4) is 0 Å². The highest BCUT2D eigenvalue weighted by Crippen LogP contribution is 2.29. The molecule has 20 heavy (non-hydrogen) atoms. The third-order valence-electron chi connectivity index (χ3n) is 3.75. The number of aryl methyl sites for hydroxylation is 1. The molecule has 1 unspecified atom stereocenters. The van der Waals surface area contributed by atoms with Crippen LogP contribution in [0, 0.1) is 0 Å². The summed E-state index contributed by atoms with van der Waals surface area (Å²) in [6.45, 7) is 5.51. The molecule has 0 saturated heterocycles. The quantitative estimate of drug-likeness (QED) is 0.755. The second kappa shape index (κ2) is 7.66. The van der Waals surface area contributed by atoms with Gasteiger partial charge in [0.25, 0.3) is 0 Å². The van der Waals surface area contributed by atoms with E-state index < -0.39 is 0 Å². The highest BCUT2D eigenvalue weighted by Gasteiger charge is 2.22. The van der Waals surface area contributed by atoms with E-state index in [-0.39, 0.29) is 0 Å². The Morgan fingerprint density at radius 1 is 1.50 bits per heavy atom. The standard InChI is InChI=1S/C15H27N3S2/c1-5-6-13-14(9-16-12-7-8-12)20-15(17-13)18(3)11(2)10-19-4/h11-12,16H,5-10H2,1-4H3. The fourth-order valence-corrected chi connectivity index (χ4v) is 3.98. The zero-order chi connectivity index (χ0) is 14.5. The molecule has 0 aromatic carbocycles. The van der Waals surface area contributed by atoms with Crippen molar-refractivity contribution < 1.29 is 0 Å². The number of rotatable bonds is 9. The maximum absolute atomic E-state index is 4.90. The fourth-order valence-electron chi connectivity index (χ4n) is 2.16. The maximum Gasteiger partial charge on any atom is 0.185 e. The Morgan fingerprint density at radius 3 is 2.85 bits per heavy atom. The molecule has 5 heteroatoms. The van der Waals surface area contributed by atoms with E-state index in [1.165, 1.54) is 35.0 Å². The van der Waals surface area contributed by atoms with Crippen LogP contribution < -0.4 is 10.2 Å². The average molecular weight is 314 g/mol. The Morgan fingerprint density at radius 2 is 2.25 bits per heavy atom. The van der Waals surface area contributed by atoms with Gasteiger partial charge in [0.2, 0.25) is 0 Å². The first kappa shape index (κ1) is 16.1. The van der Waals surface area contributed by atoms with E-state index in [0.29, 0.717) is 6.04 Å². The van der Waals surface area contributed by atoms with Gasteiger partial charge >= 0.3 is 0 Å². The summed E-state index contributed by atoms with van der Waals surface area (Å²) in [5, 5.41) is 4.81. The predicted octanol–water partition coefficient (Wildman–Crippen LogP) is 3.54. The van der Waals surface area contributed by atoms with Gasteiger partial charge in [-0.2, -0.15) is 11.8 Å². The molecule has 114 valence electrons. The minimum atomic E-state index is 0.537. The van der Waals surface area contributed by atoms with Gasteiger partial charge in [0.15, 0.2) is 5.13 Å². The van der Waals surface area contributed by atoms with Crippen LogP contribution >= 0.6 is 23.1 Å². The second-order valence-corrected chi connectivity index (χ2v) is 7.66. The van der Waals surface area contributed by atoms with E-state index in [2.05, 4.69) is 37.4 Å². The minimum absolute atomic E-state index is 0.537. The number of hydrogen-bond acceptors (Lipinski definition) is 5. The van der Waals surface area contributed by atoms with Gasteiger partial charge in [-0.1, -0.05) is 13.3 Å². The number of thioether (sulfide) groups is 1. The molecule has 1 fully saturated rings. The van der Waals surface area contributed by atoms with E-state index in [4.69, 9.17) is 4.98 Å². The van der Waals surface area contributed by atoms with Gasteiger partial charge in [-0.15, -0.1) is 11.3 Å². The molecule has 1 aliphatic rings. The third kappa shape index (κ3) is 4.37. The Balaban J connectivity index is 2.05. The first-order valence-electron chi connectivity index (χ1n) is 7.59. The Labute approximate surface area is 131 Å². The van der Waals surface area contributed by atoms with E-state index in [1.807, 2.05) is 23.1 Å². The minimum Gasteiger partial charge on any atom is -0.348 e. The van der Waals surface area contributed by atoms with Crippen molar-refractivity contribution in [3.8, 4) is 0 Å². The lowest BCUT2D eigenvalue weighted by Crippen LogP contribution is -2.30. The highest BCUT2D eigenvalue weighted by atomic mass is 32.2. The molecule has 1 aromatic heterocycles. The molecule has 1 atom stereocenters. The smallest absolute Gasteiger partial charge is 0.185 e. The normalized spacial score (nSPS) is 16.4. The number of anilines is 1. The molecule has 1 aromatic rings. The molecule has 1 saturated carbocycles. The summed E-state index contributed by atoms with van der Waals surface area (Å²) >= 11 is 3.77. The Kier molecular flexibility index (Phi) is 6.18. The number of thiazole rings is 1. The molecule has 0 radical (unpaired) electrons. The van der Waals surface area contributed by atoms with Crippen molar-refractivity contribution in [2.45, 2.75) is 58.2 Å². The van der Waals surface area contributed by atoms with Gasteiger partial charge < -0.3 is 10.2 Å². The summed E-state index contributed by atoms with van der Waals surface area (Å²) in [6, 6.07) is 1.30. The molecule has 1 aliphatic carbocycles. The summed E-state index contributed by atoms with van der Waals surface area (Å²) in [5.74, 6) is 1.15. The van der Waals surface area contributed by atoms with E-state index in [9.17, 15) is 0 Å². The lowest BCUT2D eigenvalue weighted by molar-refractivity contribution is 0.686. The van der Waals surface area contributed by atoms with Crippen LogP contribution in [-0.2, 0) is 13.0 Å². The van der Waals surface area contributed by atoms with Gasteiger partial charge in [0.1, 0.15) is 0 Å². The fraction of sp³-hybridized carbons (Fsp3) is 0.800. The zero-order valence-electron chi connectivity index (χ0n) is 13.1. The van der Waals surface area contributed by atoms with Crippen LogP contribution in [0.1, 0.15) is 43.7 Å². The van der Waals surface area contributed by atoms with Crippen molar-refractivity contribution in [1.82, 2.24) is 10.3 Å². The molecule has 3 nitrogen and oxygen atoms in total. The van der Waals surface area contributed by atoms with Crippen molar-refractivity contribution in [2.75, 3.05) is 24.0 Å². The summed E-state index contributed by atoms with van der Waals surface area (Å²) < 4.78 is 0. The van der Waals surface area contributed by atoms with Gasteiger partial charge in [0, 0.05) is 36.3 Å². The summed E-state index contributed by atoms with van der Waals surface area (Å²) in [7, 11) is 2.17. The third-order valence-corrected chi connectivity index (χ3v) is 5.76. The van der Waals surface area contributed by atoms with Crippen molar-refractivity contribution in [3.63, 3.8) is 0 Å². The second-order valence-electron chi connectivity index (χ2n) is 5.69. The van der Waals surface area contributed by atoms with Crippen molar-refractivity contribution in [3.05, 3.63) is 10.6 Å². The molecule has 0 amide bonds. The molecule has 2 rings (SSSR count). The van der Waals surface area contributed by atoms with E-state index in [1.54, 1.807) is 0 Å². The number of nitrogens with zero attached hydrogens (tertiary/aromatic N) is 2. The van der Waals surface area contributed by atoms with Crippen LogP contribution in [0.15, 0.2) is 0 Å². The number of aromatic nitrogens is 1. The Hall–Kier alpha value is -0.260. The van der Waals surface area contributed by atoms with Gasteiger partial charge in [-0.3, -0.25) is 0 Å². The van der Waals surface area contributed by atoms with Crippen LogP contribution in [0.5, 0.6) is 0 Å². The zero-order valence-corrected chi connectivity index (χ0v) is 14.7. The van der Waals surface area contributed by atoms with Crippen LogP contribution in [-0.4, -0.2) is 36.1 Å². The highest BCUT2D eigenvalue weighted by molar-refractivity contribution is 7.98. The first-order chi connectivity index (χ1) is 9.65. The van der Waals surface area contributed by atoms with Crippen LogP contribution in [0.25, 0.3) is 0 Å². The molecule has 1 N–H and O–H groups in total. The number of hydrogen-bond donors (Lipinski definition) is 1. The topological polar surface area (TPSA) is 28.2 Å². The SMILES string of the molecule is CCCc1nc(N(C)C(C)CSC)sc1CNC1CC1. The largest absolute Gasteiger partial charge is 0.348 e. The number of nitrogens with one attached hydrogen (secondary N) is 1. The van der Waals surface area contributed by atoms with E-state index >= 15 is 0 Å². The summed E-state index contributed by atoms with van der Waals surface area (Å²) in [4.78, 5) is 8.67. The van der Waals surface area contributed by atoms with Crippen LogP contribution in [0.4, 0.5) is 5.13 Å². The van der Waals surface area contributed by atoms with Gasteiger partial charge in [-0.25, -0.2) is 4.98 Å². The lowest BCUT2D eigenvalue weighted by Gasteiger charge is -2.23. The monoisotopic (exact) mass is 313 g/mol. The molecular weight excluding hydrogens is 286 g/mol. The summed E-state index contributed by atoms with van der Waals surface area (Å²) in [5.41, 5.74) is 1.31. The first-order valence-corrected chi connectivity index (χ1v) is 9.80. The van der Waals surface area contributed by atoms with Gasteiger partial charge in [0.05, 0.1) is 5.69 Å². The average Bonchev–Trinajstić information content (AvgIpc) is 3.18. The van der Waals surface area contributed by atoms with Crippen LogP contribution in [0.2, 0.25) is 0 Å². The molecule has 0 spiro atoms. The van der Waals surface area contributed by atoms with Gasteiger partial charge in [-0.05, 0) is 32.4 Å². The van der Waals surface area contributed by atoms with Crippen molar-refractivity contribution in [1.29, 1.82) is 0 Å². The summed E-state index contributed by atoms with van der Waals surface area (Å²) in [6.07, 6.45) is 7.13. The molecule has 0 aliphatic heterocycles. The molecular formula is C15H27N3S2. The maximum atomic E-state index is 4.90. The Bertz CT molecular complexity index is 415.